The number of carbonyl (C=O) groups is 3. The van der Waals surface area contributed by atoms with E-state index in [4.69, 9.17) is 0 Å². The Bertz CT molecular complexity index is 1630. The van der Waals surface area contributed by atoms with Gasteiger partial charge in [0.1, 0.15) is 0 Å². The zero-order valence-electron chi connectivity index (χ0n) is 24.9. The largest absolute Gasteiger partial charge is 0.356 e. The highest BCUT2D eigenvalue weighted by Gasteiger charge is 2.33. The summed E-state index contributed by atoms with van der Waals surface area (Å²) in [7, 11) is 4.89. The number of fused-ring (bicyclic) bond motifs is 2. The van der Waals surface area contributed by atoms with Gasteiger partial charge in [-0.3, -0.25) is 19.1 Å². The molecule has 0 aliphatic carbocycles. The summed E-state index contributed by atoms with van der Waals surface area (Å²) in [5, 5.41) is 7.21. The van der Waals surface area contributed by atoms with E-state index in [-0.39, 0.29) is 34.9 Å². The van der Waals surface area contributed by atoms with Gasteiger partial charge in [-0.05, 0) is 65.6 Å². The molecule has 1 unspecified atom stereocenters. The van der Waals surface area contributed by atoms with Gasteiger partial charge in [-0.25, -0.2) is 8.78 Å². The topological polar surface area (TPSA) is 90.8 Å². The van der Waals surface area contributed by atoms with Gasteiger partial charge in [-0.15, -0.1) is 0 Å². The fourth-order valence-electron chi connectivity index (χ4n) is 6.65. The molecule has 1 atom stereocenters. The summed E-state index contributed by atoms with van der Waals surface area (Å²) in [6, 6.07) is 7.58. The molecule has 0 radical (unpaired) electrons. The van der Waals surface area contributed by atoms with Crippen LogP contribution < -0.4 is 10.2 Å². The third-order valence-corrected chi connectivity index (χ3v) is 8.84. The molecule has 226 valence electrons. The predicted molar refractivity (Wildman–Crippen MR) is 158 cm³/mol. The van der Waals surface area contributed by atoms with Gasteiger partial charge in [0.05, 0.1) is 0 Å². The summed E-state index contributed by atoms with van der Waals surface area (Å²) >= 11 is 0. The molecular formula is C32H36F2N6O3. The first-order valence-electron chi connectivity index (χ1n) is 14.7. The fourth-order valence-corrected chi connectivity index (χ4v) is 6.65. The minimum Gasteiger partial charge on any atom is -0.356 e. The van der Waals surface area contributed by atoms with Crippen molar-refractivity contribution in [1.82, 2.24) is 24.9 Å². The van der Waals surface area contributed by atoms with Gasteiger partial charge in [0.15, 0.2) is 5.69 Å². The maximum atomic E-state index is 14.8. The number of carbonyl (C=O) groups excluding carboxylic acids is 3. The first-order chi connectivity index (χ1) is 20.5. The van der Waals surface area contributed by atoms with Gasteiger partial charge in [0.2, 0.25) is 11.8 Å². The zero-order valence-corrected chi connectivity index (χ0v) is 24.9. The number of rotatable bonds is 5. The van der Waals surface area contributed by atoms with E-state index in [0.717, 1.165) is 40.8 Å². The van der Waals surface area contributed by atoms with Gasteiger partial charge in [-0.1, -0.05) is 6.07 Å². The SMILES string of the molecule is CC(=O)N1Cc2cc(C3CCNC(=O)C3)cc(N3CCCc4cc(-c5cn(C)nc5C(=O)N(C)C)c(C(F)F)cc43)c2C1. The van der Waals surface area contributed by atoms with Crippen LogP contribution in [0.15, 0.2) is 30.5 Å². The molecule has 0 spiro atoms. The Labute approximate surface area is 249 Å². The van der Waals surface area contributed by atoms with E-state index >= 15 is 0 Å². The van der Waals surface area contributed by atoms with Crippen LogP contribution in [0.25, 0.3) is 11.1 Å². The molecular weight excluding hydrogens is 554 g/mol. The number of nitrogens with one attached hydrogen (secondary N) is 1. The molecule has 11 heteroatoms. The Morgan fingerprint density at radius 3 is 2.56 bits per heavy atom. The quantitative estimate of drug-likeness (QED) is 0.467. The smallest absolute Gasteiger partial charge is 0.274 e. The Hall–Kier alpha value is -4.28. The van der Waals surface area contributed by atoms with Crippen molar-refractivity contribution < 1.29 is 23.2 Å². The second-order valence-corrected chi connectivity index (χ2v) is 12.0. The van der Waals surface area contributed by atoms with Gasteiger partial charge in [-0.2, -0.15) is 5.10 Å². The lowest BCUT2D eigenvalue weighted by atomic mass is 9.86. The summed E-state index contributed by atoms with van der Waals surface area (Å²) in [5.41, 5.74) is 6.27. The van der Waals surface area contributed by atoms with Gasteiger partial charge >= 0.3 is 0 Å². The lowest BCUT2D eigenvalue weighted by Crippen LogP contribution is -2.32. The third kappa shape index (κ3) is 5.25. The summed E-state index contributed by atoms with van der Waals surface area (Å²) in [6.45, 7) is 3.72. The normalized spacial score (nSPS) is 18.0. The van der Waals surface area contributed by atoms with Crippen LogP contribution in [0.2, 0.25) is 0 Å². The number of hydrogen-bond acceptors (Lipinski definition) is 5. The second kappa shape index (κ2) is 11.1. The van der Waals surface area contributed by atoms with Crippen molar-refractivity contribution in [2.24, 2.45) is 7.05 Å². The molecule has 9 nitrogen and oxygen atoms in total. The number of aromatic nitrogens is 2. The monoisotopic (exact) mass is 590 g/mol. The van der Waals surface area contributed by atoms with Crippen LogP contribution in [0, 0.1) is 0 Å². The molecule has 3 amide bonds. The highest BCUT2D eigenvalue weighted by Crippen LogP contribution is 2.45. The first kappa shape index (κ1) is 28.8. The van der Waals surface area contributed by atoms with Gasteiger partial charge in [0, 0.05) is 94.9 Å². The lowest BCUT2D eigenvalue weighted by molar-refractivity contribution is -0.129. The molecule has 0 bridgehead atoms. The number of amides is 3. The van der Waals surface area contributed by atoms with Crippen molar-refractivity contribution in [2.75, 3.05) is 32.1 Å². The molecule has 43 heavy (non-hydrogen) atoms. The summed E-state index contributed by atoms with van der Waals surface area (Å²) in [4.78, 5) is 42.8. The number of piperidine rings is 1. The van der Waals surface area contributed by atoms with Gasteiger partial charge < -0.3 is 20.0 Å². The molecule has 3 aromatic rings. The van der Waals surface area contributed by atoms with Crippen molar-refractivity contribution in [1.29, 1.82) is 0 Å². The Morgan fingerprint density at radius 1 is 1.07 bits per heavy atom. The molecule has 1 N–H and O–H groups in total. The molecule has 2 aromatic carbocycles. The van der Waals surface area contributed by atoms with Crippen LogP contribution in [0.5, 0.6) is 0 Å². The van der Waals surface area contributed by atoms with E-state index in [1.807, 2.05) is 0 Å². The second-order valence-electron chi connectivity index (χ2n) is 12.0. The molecule has 1 aromatic heterocycles. The van der Waals surface area contributed by atoms with Crippen molar-refractivity contribution in [3.8, 4) is 11.1 Å². The lowest BCUT2D eigenvalue weighted by Gasteiger charge is -2.35. The number of alkyl halides is 2. The number of hydrogen-bond donors (Lipinski definition) is 1. The molecule has 6 rings (SSSR count). The summed E-state index contributed by atoms with van der Waals surface area (Å²) in [5.74, 6) is -0.313. The van der Waals surface area contributed by atoms with Crippen molar-refractivity contribution in [2.45, 2.75) is 58.0 Å². The van der Waals surface area contributed by atoms with E-state index in [1.54, 1.807) is 51.3 Å². The van der Waals surface area contributed by atoms with Crippen molar-refractivity contribution >= 4 is 29.1 Å². The van der Waals surface area contributed by atoms with E-state index < -0.39 is 6.43 Å². The minimum atomic E-state index is -2.78. The Balaban J connectivity index is 1.49. The fraction of sp³-hybridized carbons (Fsp3) is 0.438. The van der Waals surface area contributed by atoms with E-state index in [9.17, 15) is 23.2 Å². The standard InChI is InChI=1S/C32H36F2N6O3/c1-18(41)39-15-22-10-21(19-7-8-35-29(42)13-19)12-28(25(22)17-39)40-9-5-6-20-11-23(24(31(33)34)14-27(20)40)26-16-38(4)36-30(26)32(43)37(2)3/h10-12,14,16,19,31H,5-9,13,15,17H2,1-4H3,(H,35,42). The molecule has 1 saturated heterocycles. The summed E-state index contributed by atoms with van der Waals surface area (Å²) in [6.07, 6.45) is 1.55. The number of anilines is 2. The zero-order chi connectivity index (χ0) is 30.6. The summed E-state index contributed by atoms with van der Waals surface area (Å²) < 4.78 is 31.1. The number of aryl methyl sites for hydroxylation is 2. The van der Waals surface area contributed by atoms with Crippen molar-refractivity contribution in [3.05, 3.63) is 64.0 Å². The Morgan fingerprint density at radius 2 is 1.86 bits per heavy atom. The number of nitrogens with zero attached hydrogens (tertiary/aromatic N) is 5. The van der Waals surface area contributed by atoms with Crippen LogP contribution in [0.4, 0.5) is 20.2 Å². The Kier molecular flexibility index (Phi) is 7.43. The molecule has 3 aliphatic heterocycles. The van der Waals surface area contributed by atoms with E-state index in [2.05, 4.69) is 27.4 Å². The molecule has 3 aliphatic rings. The number of benzene rings is 2. The van der Waals surface area contributed by atoms with Crippen LogP contribution >= 0.6 is 0 Å². The minimum absolute atomic E-state index is 0.0172. The highest BCUT2D eigenvalue weighted by molar-refractivity contribution is 5.99. The highest BCUT2D eigenvalue weighted by atomic mass is 19.3. The predicted octanol–water partition coefficient (Wildman–Crippen LogP) is 4.67. The van der Waals surface area contributed by atoms with Crippen LogP contribution in [0.3, 0.4) is 0 Å². The molecule has 0 saturated carbocycles. The van der Waals surface area contributed by atoms with Gasteiger partial charge in [0.25, 0.3) is 12.3 Å². The maximum absolute atomic E-state index is 14.8. The molecule has 1 fully saturated rings. The number of halogens is 2. The molecule has 4 heterocycles. The van der Waals surface area contributed by atoms with Crippen LogP contribution in [-0.2, 0) is 36.1 Å². The average Bonchev–Trinajstić information content (AvgIpc) is 3.59. The van der Waals surface area contributed by atoms with E-state index in [1.165, 1.54) is 9.58 Å². The first-order valence-corrected chi connectivity index (χ1v) is 14.7. The third-order valence-electron chi connectivity index (χ3n) is 8.84. The average molecular weight is 591 g/mol. The van der Waals surface area contributed by atoms with Crippen molar-refractivity contribution in [3.63, 3.8) is 0 Å². The maximum Gasteiger partial charge on any atom is 0.274 e. The van der Waals surface area contributed by atoms with Crippen LogP contribution in [0.1, 0.15) is 76.8 Å². The van der Waals surface area contributed by atoms with Crippen LogP contribution in [-0.4, -0.2) is 64.5 Å². The van der Waals surface area contributed by atoms with E-state index in [0.29, 0.717) is 55.8 Å².